The number of carbonyl (C=O) groups excluding carboxylic acids is 2. The summed E-state index contributed by atoms with van der Waals surface area (Å²) in [7, 11) is 0. The van der Waals surface area contributed by atoms with E-state index in [1.807, 2.05) is 5.32 Å². The Hall–Kier alpha value is -2.73. The second-order valence-electron chi connectivity index (χ2n) is 5.68. The fraction of sp³-hybridized carbons (Fsp3) is 0.643. The highest BCUT2D eigenvalue weighted by molar-refractivity contribution is 5.91. The summed E-state index contributed by atoms with van der Waals surface area (Å²) < 4.78 is 0. The first kappa shape index (κ1) is 23.3. The van der Waals surface area contributed by atoms with Gasteiger partial charge in [0.25, 0.3) is 0 Å². The number of nitrogens with one attached hydrogen (secondary N) is 1. The van der Waals surface area contributed by atoms with Crippen LogP contribution in [0.2, 0.25) is 0 Å². The quantitative estimate of drug-likeness (QED) is 0.134. The molecule has 0 bridgehead atoms. The molecule has 0 aliphatic heterocycles. The predicted molar refractivity (Wildman–Crippen MR) is 82.0 cm³/mol. The van der Waals surface area contributed by atoms with E-state index in [-0.39, 0.29) is 25.8 Å². The van der Waals surface area contributed by atoms with Crippen LogP contribution in [0.25, 0.3) is 0 Å². The molecular formula is C14H22N2O10. The number of nitrogens with zero attached hydrogens (tertiary/aromatic N) is 1. The van der Waals surface area contributed by atoms with Gasteiger partial charge in [0, 0.05) is 13.5 Å². The minimum Gasteiger partial charge on any atom is -0.481 e. The van der Waals surface area contributed by atoms with Gasteiger partial charge < -0.3 is 25.7 Å². The van der Waals surface area contributed by atoms with Crippen LogP contribution >= 0.6 is 0 Å². The molecule has 0 heterocycles. The maximum Gasteiger partial charge on any atom is 0.336 e. The maximum atomic E-state index is 11.8. The second-order valence-corrected chi connectivity index (χ2v) is 5.68. The Morgan fingerprint density at radius 1 is 1.04 bits per heavy atom. The molecule has 148 valence electrons. The lowest BCUT2D eigenvalue weighted by Gasteiger charge is -2.22. The predicted octanol–water partition coefficient (Wildman–Crippen LogP) is -1.36. The molecule has 1 unspecified atom stereocenters. The van der Waals surface area contributed by atoms with Gasteiger partial charge in [-0.05, 0) is 19.3 Å². The number of carboxylic acids is 3. The lowest BCUT2D eigenvalue weighted by molar-refractivity contribution is -0.167. The van der Waals surface area contributed by atoms with Crippen molar-refractivity contribution in [2.75, 3.05) is 6.54 Å². The number of hydrogen-bond donors (Lipinski definition) is 6. The lowest BCUT2D eigenvalue weighted by atomic mass is 9.95. The number of aliphatic hydroxyl groups is 1. The summed E-state index contributed by atoms with van der Waals surface area (Å²) >= 11 is 0. The summed E-state index contributed by atoms with van der Waals surface area (Å²) in [5.41, 5.74) is -2.86. The average molecular weight is 378 g/mol. The van der Waals surface area contributed by atoms with Crippen LogP contribution in [0.15, 0.2) is 0 Å². The van der Waals surface area contributed by atoms with E-state index >= 15 is 0 Å². The summed E-state index contributed by atoms with van der Waals surface area (Å²) in [5.74, 6) is -6.70. The van der Waals surface area contributed by atoms with E-state index in [9.17, 15) is 29.1 Å². The zero-order chi connectivity index (χ0) is 20.5. The largest absolute Gasteiger partial charge is 0.481 e. The van der Waals surface area contributed by atoms with Gasteiger partial charge >= 0.3 is 17.9 Å². The average Bonchev–Trinajstić information content (AvgIpc) is 2.48. The summed E-state index contributed by atoms with van der Waals surface area (Å²) in [4.78, 5) is 55.3. The fourth-order valence-electron chi connectivity index (χ4n) is 2.00. The number of amides is 2. The first-order chi connectivity index (χ1) is 11.9. The van der Waals surface area contributed by atoms with Crippen LogP contribution in [0.3, 0.4) is 0 Å². The highest BCUT2D eigenvalue weighted by atomic mass is 16.5. The molecule has 12 nitrogen and oxygen atoms in total. The molecule has 0 saturated carbocycles. The zero-order valence-electron chi connectivity index (χ0n) is 14.0. The fourth-order valence-corrected chi connectivity index (χ4v) is 2.00. The molecule has 0 aromatic heterocycles. The molecule has 0 rings (SSSR count). The van der Waals surface area contributed by atoms with E-state index in [0.29, 0.717) is 5.06 Å². The van der Waals surface area contributed by atoms with Crippen LogP contribution in [0, 0.1) is 0 Å². The minimum absolute atomic E-state index is 0.0347. The van der Waals surface area contributed by atoms with Gasteiger partial charge in [0.15, 0.2) is 5.60 Å². The highest BCUT2D eigenvalue weighted by Gasteiger charge is 2.41. The van der Waals surface area contributed by atoms with Crippen LogP contribution < -0.4 is 5.32 Å². The number of hydroxylamine groups is 2. The molecule has 0 aliphatic carbocycles. The van der Waals surface area contributed by atoms with Gasteiger partial charge in [0.1, 0.15) is 6.04 Å². The Balaban J connectivity index is 4.67. The lowest BCUT2D eigenvalue weighted by Crippen LogP contribution is -2.48. The molecule has 0 saturated heterocycles. The number of rotatable bonds is 12. The Labute approximate surface area is 148 Å². The molecule has 2 amide bonds. The van der Waals surface area contributed by atoms with Gasteiger partial charge in [0.2, 0.25) is 11.8 Å². The van der Waals surface area contributed by atoms with Crippen LogP contribution in [-0.4, -0.2) is 78.6 Å². The van der Waals surface area contributed by atoms with E-state index < -0.39 is 54.2 Å². The van der Waals surface area contributed by atoms with Gasteiger partial charge in [-0.3, -0.25) is 19.6 Å². The smallest absolute Gasteiger partial charge is 0.336 e. The van der Waals surface area contributed by atoms with E-state index in [0.717, 1.165) is 6.92 Å². The number of unbranched alkanes of at least 4 members (excludes halogenated alkanes) is 1. The molecule has 0 aliphatic rings. The third kappa shape index (κ3) is 8.39. The Morgan fingerprint density at radius 2 is 1.62 bits per heavy atom. The van der Waals surface area contributed by atoms with Gasteiger partial charge in [-0.15, -0.1) is 0 Å². The molecule has 0 fully saturated rings. The van der Waals surface area contributed by atoms with Crippen molar-refractivity contribution in [1.82, 2.24) is 10.4 Å². The standard InChI is InChI=1S/C14H22N2O10/c1-8(17)16(26)5-3-2-4-9(12(21)22)15-10(18)6-14(25,13(23)24)7-11(19)20/h9,25-26H,2-7H2,1H3,(H,15,18)(H,19,20)(H,21,22)(H,23,24)/t9-,14?/m0/s1. The van der Waals surface area contributed by atoms with Crippen molar-refractivity contribution >= 4 is 29.7 Å². The van der Waals surface area contributed by atoms with E-state index in [1.165, 1.54) is 0 Å². The van der Waals surface area contributed by atoms with Crippen LogP contribution in [0.1, 0.15) is 39.0 Å². The Kier molecular flexibility index (Phi) is 9.22. The number of carboxylic acid groups (broad SMARTS) is 3. The van der Waals surface area contributed by atoms with E-state index in [4.69, 9.17) is 20.5 Å². The molecule has 0 radical (unpaired) electrons. The second kappa shape index (κ2) is 10.3. The van der Waals surface area contributed by atoms with E-state index in [2.05, 4.69) is 0 Å². The molecule has 12 heteroatoms. The van der Waals surface area contributed by atoms with Crippen molar-refractivity contribution in [3.63, 3.8) is 0 Å². The molecule has 6 N–H and O–H groups in total. The van der Waals surface area contributed by atoms with Crippen molar-refractivity contribution in [1.29, 1.82) is 0 Å². The van der Waals surface area contributed by atoms with Crippen molar-refractivity contribution < 1.29 is 49.6 Å². The van der Waals surface area contributed by atoms with Crippen LogP contribution in [-0.2, 0) is 24.0 Å². The van der Waals surface area contributed by atoms with E-state index in [1.54, 1.807) is 0 Å². The number of aliphatic carboxylic acids is 3. The normalized spacial score (nSPS) is 14.0. The van der Waals surface area contributed by atoms with Gasteiger partial charge in [-0.1, -0.05) is 0 Å². The molecular weight excluding hydrogens is 356 g/mol. The monoisotopic (exact) mass is 378 g/mol. The number of carbonyl (C=O) groups is 5. The van der Waals surface area contributed by atoms with Crippen molar-refractivity contribution in [3.05, 3.63) is 0 Å². The SMILES string of the molecule is CC(=O)N(O)CCCC[C@H](NC(=O)CC(O)(CC(=O)O)C(=O)O)C(=O)O. The van der Waals surface area contributed by atoms with Crippen molar-refractivity contribution in [2.24, 2.45) is 0 Å². The van der Waals surface area contributed by atoms with Gasteiger partial charge in [-0.2, -0.15) is 0 Å². The Morgan fingerprint density at radius 3 is 2.04 bits per heavy atom. The molecule has 26 heavy (non-hydrogen) atoms. The summed E-state index contributed by atoms with van der Waals surface area (Å²) in [6, 6.07) is -1.41. The molecule has 0 aromatic rings. The first-order valence-corrected chi connectivity index (χ1v) is 7.55. The summed E-state index contributed by atoms with van der Waals surface area (Å²) in [5, 5.41) is 47.9. The third-order valence-electron chi connectivity index (χ3n) is 3.40. The molecule has 0 spiro atoms. The highest BCUT2D eigenvalue weighted by Crippen LogP contribution is 2.16. The topological polar surface area (TPSA) is 202 Å². The van der Waals surface area contributed by atoms with Gasteiger partial charge in [0.05, 0.1) is 12.8 Å². The maximum absolute atomic E-state index is 11.8. The minimum atomic E-state index is -2.86. The van der Waals surface area contributed by atoms with Crippen molar-refractivity contribution in [3.8, 4) is 0 Å². The molecule has 0 aromatic carbocycles. The van der Waals surface area contributed by atoms with Crippen LogP contribution in [0.4, 0.5) is 0 Å². The molecule has 2 atom stereocenters. The Bertz CT molecular complexity index is 564. The summed E-state index contributed by atoms with van der Waals surface area (Å²) in [6.45, 7) is 1.11. The third-order valence-corrected chi connectivity index (χ3v) is 3.40. The van der Waals surface area contributed by atoms with Gasteiger partial charge in [-0.25, -0.2) is 14.7 Å². The summed E-state index contributed by atoms with van der Waals surface area (Å²) in [6.07, 6.45) is -2.00. The first-order valence-electron chi connectivity index (χ1n) is 7.55. The van der Waals surface area contributed by atoms with Crippen LogP contribution in [0.5, 0.6) is 0 Å². The zero-order valence-corrected chi connectivity index (χ0v) is 14.0. The van der Waals surface area contributed by atoms with Crippen molar-refractivity contribution in [2.45, 2.75) is 50.7 Å². The number of hydrogen-bond acceptors (Lipinski definition) is 7.